The average molecular weight is 524 g/mol. The lowest BCUT2D eigenvalue weighted by molar-refractivity contribution is -0.138. The summed E-state index contributed by atoms with van der Waals surface area (Å²) in [6.45, 7) is 11.8. The molecular formula is C30H45N5O3. The summed E-state index contributed by atoms with van der Waals surface area (Å²) in [5.74, 6) is -1.98. The maximum atomic E-state index is 14.0. The molecule has 1 saturated heterocycles. The van der Waals surface area contributed by atoms with Crippen LogP contribution in [0.2, 0.25) is 0 Å². The van der Waals surface area contributed by atoms with Crippen molar-refractivity contribution in [2.24, 2.45) is 33.9 Å². The Morgan fingerprint density at radius 3 is 2.11 bits per heavy atom. The Morgan fingerprint density at radius 1 is 1.00 bits per heavy atom. The van der Waals surface area contributed by atoms with Gasteiger partial charge < -0.3 is 4.90 Å². The smallest absolute Gasteiger partial charge is 0.256 e. The quantitative estimate of drug-likeness (QED) is 0.210. The van der Waals surface area contributed by atoms with Crippen LogP contribution in [0, 0.1) is 35.0 Å². The predicted molar refractivity (Wildman–Crippen MR) is 149 cm³/mol. The minimum absolute atomic E-state index is 0.0735. The van der Waals surface area contributed by atoms with Gasteiger partial charge in [0.25, 0.3) is 11.8 Å². The number of hydrogen-bond acceptors (Lipinski definition) is 6. The van der Waals surface area contributed by atoms with Crippen LogP contribution in [-0.2, 0) is 9.59 Å². The molecular weight excluding hydrogens is 478 g/mol. The van der Waals surface area contributed by atoms with Crippen molar-refractivity contribution in [2.45, 2.75) is 92.0 Å². The molecule has 2 rings (SSSR count). The van der Waals surface area contributed by atoms with Crippen molar-refractivity contribution in [2.75, 3.05) is 13.1 Å². The summed E-state index contributed by atoms with van der Waals surface area (Å²) in [5, 5.41) is 20.1. The first-order valence-electron chi connectivity index (χ1n) is 14.3. The maximum absolute atomic E-state index is 14.0. The molecule has 0 aliphatic carbocycles. The first-order valence-corrected chi connectivity index (χ1v) is 14.3. The van der Waals surface area contributed by atoms with Gasteiger partial charge in [0, 0.05) is 19.0 Å². The van der Waals surface area contributed by atoms with Gasteiger partial charge in [-0.2, -0.15) is 15.5 Å². The summed E-state index contributed by atoms with van der Waals surface area (Å²) in [7, 11) is 0. The third-order valence-electron chi connectivity index (χ3n) is 7.72. The highest BCUT2D eigenvalue weighted by Crippen LogP contribution is 2.28. The van der Waals surface area contributed by atoms with E-state index in [0.717, 1.165) is 51.4 Å². The van der Waals surface area contributed by atoms with Crippen LogP contribution >= 0.6 is 0 Å². The number of rotatable bonds is 15. The number of unbranched alkanes of at least 4 members (excludes halogenated alkanes) is 2. The van der Waals surface area contributed by atoms with Crippen molar-refractivity contribution in [3.8, 4) is 6.07 Å². The topological polar surface area (TPSA) is 115 Å². The molecule has 8 nitrogen and oxygen atoms in total. The van der Waals surface area contributed by atoms with Crippen LogP contribution in [0.1, 0.15) is 96.3 Å². The van der Waals surface area contributed by atoms with Crippen LogP contribution in [0.3, 0.4) is 0 Å². The van der Waals surface area contributed by atoms with Gasteiger partial charge in [0.1, 0.15) is 5.92 Å². The molecule has 0 radical (unpaired) electrons. The van der Waals surface area contributed by atoms with Crippen LogP contribution in [0.15, 0.2) is 34.5 Å². The van der Waals surface area contributed by atoms with E-state index in [-0.39, 0.29) is 5.91 Å². The fraction of sp³-hybridized carbons (Fsp3) is 0.667. The van der Waals surface area contributed by atoms with E-state index in [1.165, 1.54) is 0 Å². The zero-order valence-electron chi connectivity index (χ0n) is 23.8. The van der Waals surface area contributed by atoms with Gasteiger partial charge in [-0.05, 0) is 36.8 Å². The van der Waals surface area contributed by atoms with Gasteiger partial charge in [0.05, 0.1) is 17.3 Å². The highest BCUT2D eigenvalue weighted by molar-refractivity contribution is 6.03. The van der Waals surface area contributed by atoms with Crippen LogP contribution in [0.4, 0.5) is 5.69 Å². The van der Waals surface area contributed by atoms with E-state index in [1.54, 1.807) is 25.1 Å². The number of piperidine rings is 1. The second-order valence-corrected chi connectivity index (χ2v) is 10.5. The Hall–Kier alpha value is -3.08. The molecule has 1 aromatic carbocycles. The van der Waals surface area contributed by atoms with Gasteiger partial charge in [0.15, 0.2) is 6.04 Å². The van der Waals surface area contributed by atoms with Crippen LogP contribution < -0.4 is 5.32 Å². The van der Waals surface area contributed by atoms with Crippen molar-refractivity contribution >= 4 is 23.4 Å². The Morgan fingerprint density at radius 2 is 1.58 bits per heavy atom. The summed E-state index contributed by atoms with van der Waals surface area (Å²) in [5.41, 5.74) is 0.833. The highest BCUT2D eigenvalue weighted by Gasteiger charge is 2.41. The van der Waals surface area contributed by atoms with E-state index in [1.807, 2.05) is 17.0 Å². The number of imide groups is 1. The molecule has 0 aromatic heterocycles. The third kappa shape index (κ3) is 8.47. The zero-order valence-corrected chi connectivity index (χ0v) is 23.8. The summed E-state index contributed by atoms with van der Waals surface area (Å²) >= 11 is 0. The van der Waals surface area contributed by atoms with Gasteiger partial charge >= 0.3 is 0 Å². The largest absolute Gasteiger partial charge is 0.338 e. The molecule has 1 heterocycles. The number of azo groups is 1. The number of hydrogen-bond donors (Lipinski definition) is 1. The fourth-order valence-corrected chi connectivity index (χ4v) is 5.00. The average Bonchev–Trinajstić information content (AvgIpc) is 2.92. The number of benzene rings is 1. The Bertz CT molecular complexity index is 984. The Balaban J connectivity index is 2.35. The summed E-state index contributed by atoms with van der Waals surface area (Å²) < 4.78 is 0. The summed E-state index contributed by atoms with van der Waals surface area (Å²) in [4.78, 5) is 40.4. The second kappa shape index (κ2) is 16.0. The molecule has 1 aliphatic heterocycles. The van der Waals surface area contributed by atoms with Gasteiger partial charge in [-0.15, -0.1) is 0 Å². The van der Waals surface area contributed by atoms with Crippen molar-refractivity contribution in [1.82, 2.24) is 10.2 Å². The number of amides is 3. The maximum Gasteiger partial charge on any atom is 0.256 e. The predicted octanol–water partition coefficient (Wildman–Crippen LogP) is 6.45. The van der Waals surface area contributed by atoms with Crippen LogP contribution in [0.5, 0.6) is 0 Å². The summed E-state index contributed by atoms with van der Waals surface area (Å²) in [6, 6.07) is 8.04. The molecule has 3 amide bonds. The molecule has 1 aromatic rings. The number of carbonyl (C=O) groups excluding carboxylic acids is 3. The zero-order chi connectivity index (χ0) is 28.1. The second-order valence-electron chi connectivity index (χ2n) is 10.5. The van der Waals surface area contributed by atoms with Gasteiger partial charge in [-0.3, -0.25) is 19.7 Å². The Kier molecular flexibility index (Phi) is 13.1. The molecule has 8 heteroatoms. The normalized spacial score (nSPS) is 21.1. The SMILES string of the molecule is CCCCC(CC)CN(CC(CC)CCCC)C(=O)c1ccccc1N=NC1C(=O)NC(=O)C(C#N)C1C. The molecule has 208 valence electrons. The molecule has 0 spiro atoms. The third-order valence-corrected chi connectivity index (χ3v) is 7.72. The molecule has 5 atom stereocenters. The van der Waals surface area contributed by atoms with Gasteiger partial charge in [-0.1, -0.05) is 85.3 Å². The van der Waals surface area contributed by atoms with Crippen LogP contribution in [-0.4, -0.2) is 41.8 Å². The van der Waals surface area contributed by atoms with Crippen molar-refractivity contribution < 1.29 is 14.4 Å². The number of nitriles is 1. The summed E-state index contributed by atoms with van der Waals surface area (Å²) in [6.07, 6.45) is 8.78. The van der Waals surface area contributed by atoms with Crippen molar-refractivity contribution in [1.29, 1.82) is 5.26 Å². The lowest BCUT2D eigenvalue weighted by Gasteiger charge is -2.31. The standard InChI is InChI=1S/C30H45N5O3/c1-6-10-14-22(8-3)19-35(20-23(9-4)15-11-7-2)30(38)24-16-12-13-17-26(24)33-34-27-21(5)25(18-31)28(36)32-29(27)37/h12-13,16-17,21-23,25,27H,6-11,14-15,19-20H2,1-5H3,(H,32,36,37). The minimum Gasteiger partial charge on any atom is -0.338 e. The molecule has 1 fully saturated rings. The molecule has 5 unspecified atom stereocenters. The highest BCUT2D eigenvalue weighted by atomic mass is 16.2. The van der Waals surface area contributed by atoms with E-state index in [9.17, 15) is 19.6 Å². The van der Waals surface area contributed by atoms with Gasteiger partial charge in [0.2, 0.25) is 5.91 Å². The van der Waals surface area contributed by atoms with Gasteiger partial charge in [-0.25, -0.2) is 0 Å². The van der Waals surface area contributed by atoms with Crippen LogP contribution in [0.25, 0.3) is 0 Å². The number of carbonyl (C=O) groups is 3. The van der Waals surface area contributed by atoms with Crippen molar-refractivity contribution in [3.05, 3.63) is 29.8 Å². The van der Waals surface area contributed by atoms with E-state index in [4.69, 9.17) is 0 Å². The lowest BCUT2D eigenvalue weighted by atomic mass is 9.84. The molecule has 38 heavy (non-hydrogen) atoms. The molecule has 0 bridgehead atoms. The fourth-order valence-electron chi connectivity index (χ4n) is 5.00. The van der Waals surface area contributed by atoms with E-state index < -0.39 is 29.7 Å². The molecule has 1 N–H and O–H groups in total. The molecule has 1 aliphatic rings. The lowest BCUT2D eigenvalue weighted by Crippen LogP contribution is -2.52. The van der Waals surface area contributed by atoms with Crippen molar-refractivity contribution in [3.63, 3.8) is 0 Å². The number of nitrogens with one attached hydrogen (secondary N) is 1. The van der Waals surface area contributed by atoms with E-state index in [2.05, 4.69) is 43.2 Å². The molecule has 0 saturated carbocycles. The first-order chi connectivity index (χ1) is 18.3. The monoisotopic (exact) mass is 523 g/mol. The number of nitrogens with zero attached hydrogens (tertiary/aromatic N) is 4. The first kappa shape index (κ1) is 31.1. The Labute approximate surface area is 228 Å². The van der Waals surface area contributed by atoms with E-state index >= 15 is 0 Å². The minimum atomic E-state index is -0.979. The van der Waals surface area contributed by atoms with E-state index in [0.29, 0.717) is 36.2 Å².